The van der Waals surface area contributed by atoms with Gasteiger partial charge in [0.15, 0.2) is 0 Å². The summed E-state index contributed by atoms with van der Waals surface area (Å²) in [7, 11) is -2.90. The Balaban J connectivity index is 2.83. The fourth-order valence-electron chi connectivity index (χ4n) is 0.911. The second-order valence-electron chi connectivity index (χ2n) is 2.63. The zero-order chi connectivity index (χ0) is 11.5. The molecule has 0 saturated heterocycles. The third-order valence-corrected chi connectivity index (χ3v) is 2.14. The van der Waals surface area contributed by atoms with Crippen LogP contribution in [0.15, 0.2) is 18.2 Å². The second kappa shape index (κ2) is 4.83. The van der Waals surface area contributed by atoms with Crippen LogP contribution in [0.2, 0.25) is 5.02 Å². The van der Waals surface area contributed by atoms with Crippen molar-refractivity contribution in [1.29, 1.82) is 0 Å². The summed E-state index contributed by atoms with van der Waals surface area (Å²) < 4.78 is 15.5. The van der Waals surface area contributed by atoms with Crippen LogP contribution in [0.5, 0.6) is 5.75 Å². The Morgan fingerprint density at radius 1 is 1.47 bits per heavy atom. The van der Waals surface area contributed by atoms with Gasteiger partial charge in [-0.2, -0.15) is 0 Å². The highest BCUT2D eigenvalue weighted by Crippen LogP contribution is 2.31. The van der Waals surface area contributed by atoms with Gasteiger partial charge in [-0.3, -0.25) is 0 Å². The molecule has 4 N–H and O–H groups in total. The highest BCUT2D eigenvalue weighted by Gasteiger charge is 2.12. The summed E-state index contributed by atoms with van der Waals surface area (Å²) in [4.78, 5) is 17.2. The maximum absolute atomic E-state index is 10.5. The van der Waals surface area contributed by atoms with Crippen molar-refractivity contribution in [2.75, 3.05) is 12.5 Å². The minimum atomic E-state index is -4.34. The predicted molar refractivity (Wildman–Crippen MR) is 56.8 cm³/mol. The van der Waals surface area contributed by atoms with Gasteiger partial charge < -0.3 is 19.9 Å². The van der Waals surface area contributed by atoms with Crippen molar-refractivity contribution in [3.05, 3.63) is 23.2 Å². The molecule has 0 amide bonds. The highest BCUT2D eigenvalue weighted by atomic mass is 35.5. The molecule has 8 heteroatoms. The minimum absolute atomic E-state index is 0.341. The molecule has 1 aromatic rings. The maximum Gasteiger partial charge on any atom is 0.417 e. The quantitative estimate of drug-likeness (QED) is 0.478. The molecule has 0 radical (unpaired) electrons. The number of methoxy groups -OCH3 is 1. The lowest BCUT2D eigenvalue weighted by molar-refractivity contribution is 0.361. The number of hydrazine groups is 1. The molecule has 84 valence electrons. The standard InChI is InChI=1S/C7H10ClN2O4P/c1-14-7-3-2-5(8)4-6(7)9-10-15(11,12)13/h2-4,9H,1H3,(H3,10,11,12,13). The fourth-order valence-corrected chi connectivity index (χ4v) is 1.35. The number of benzene rings is 1. The van der Waals surface area contributed by atoms with E-state index >= 15 is 0 Å². The van der Waals surface area contributed by atoms with Crippen LogP contribution in [0.25, 0.3) is 0 Å². The van der Waals surface area contributed by atoms with Crippen molar-refractivity contribution in [1.82, 2.24) is 5.20 Å². The lowest BCUT2D eigenvalue weighted by Gasteiger charge is -2.12. The average molecular weight is 253 g/mol. The Morgan fingerprint density at radius 3 is 2.67 bits per heavy atom. The number of nitrogens with one attached hydrogen (secondary N) is 2. The first-order valence-electron chi connectivity index (χ1n) is 3.85. The summed E-state index contributed by atoms with van der Waals surface area (Å²) in [5.41, 5.74) is 2.66. The van der Waals surface area contributed by atoms with Gasteiger partial charge in [0.2, 0.25) is 0 Å². The van der Waals surface area contributed by atoms with Crippen LogP contribution in [0.3, 0.4) is 0 Å². The van der Waals surface area contributed by atoms with Crippen molar-refractivity contribution in [2.45, 2.75) is 0 Å². The van der Waals surface area contributed by atoms with Gasteiger partial charge in [0.25, 0.3) is 0 Å². The molecule has 0 fully saturated rings. The summed E-state index contributed by atoms with van der Waals surface area (Å²) in [6, 6.07) is 4.65. The van der Waals surface area contributed by atoms with Crippen LogP contribution in [0.1, 0.15) is 0 Å². The summed E-state index contributed by atoms with van der Waals surface area (Å²) in [6.07, 6.45) is 0. The molecule has 6 nitrogen and oxygen atoms in total. The number of ether oxygens (including phenoxy) is 1. The van der Waals surface area contributed by atoms with Gasteiger partial charge in [-0.05, 0) is 18.2 Å². The molecule has 15 heavy (non-hydrogen) atoms. The monoisotopic (exact) mass is 252 g/mol. The summed E-state index contributed by atoms with van der Waals surface area (Å²) in [5, 5.41) is 2.24. The topological polar surface area (TPSA) is 90.8 Å². The fraction of sp³-hybridized carbons (Fsp3) is 0.143. The van der Waals surface area contributed by atoms with Crippen molar-refractivity contribution < 1.29 is 19.1 Å². The van der Waals surface area contributed by atoms with Crippen molar-refractivity contribution >= 4 is 25.0 Å². The minimum Gasteiger partial charge on any atom is -0.495 e. The molecule has 0 aliphatic rings. The predicted octanol–water partition coefficient (Wildman–Crippen LogP) is 1.36. The van der Waals surface area contributed by atoms with Gasteiger partial charge in [-0.25, -0.2) is 4.57 Å². The van der Waals surface area contributed by atoms with Gasteiger partial charge in [-0.15, -0.1) is 5.20 Å². The zero-order valence-electron chi connectivity index (χ0n) is 7.77. The SMILES string of the molecule is COc1ccc(Cl)cc1NNP(=O)(O)O. The third-order valence-electron chi connectivity index (χ3n) is 1.50. The second-order valence-corrected chi connectivity index (χ2v) is 4.37. The first kappa shape index (κ1) is 12.3. The van der Waals surface area contributed by atoms with Crippen molar-refractivity contribution in [3.63, 3.8) is 0 Å². The van der Waals surface area contributed by atoms with E-state index in [-0.39, 0.29) is 0 Å². The molecule has 0 aliphatic heterocycles. The van der Waals surface area contributed by atoms with Crippen LogP contribution in [-0.4, -0.2) is 16.9 Å². The van der Waals surface area contributed by atoms with Crippen LogP contribution in [0.4, 0.5) is 5.69 Å². The van der Waals surface area contributed by atoms with E-state index in [2.05, 4.69) is 5.43 Å². The lowest BCUT2D eigenvalue weighted by Crippen LogP contribution is -2.18. The van der Waals surface area contributed by atoms with Gasteiger partial charge in [0.05, 0.1) is 12.8 Å². The van der Waals surface area contributed by atoms with E-state index in [0.717, 1.165) is 0 Å². The molecule has 0 unspecified atom stereocenters. The largest absolute Gasteiger partial charge is 0.495 e. The van der Waals surface area contributed by atoms with E-state index in [1.807, 2.05) is 5.20 Å². The Morgan fingerprint density at radius 2 is 2.13 bits per heavy atom. The van der Waals surface area contributed by atoms with E-state index in [9.17, 15) is 4.57 Å². The van der Waals surface area contributed by atoms with Gasteiger partial charge in [0, 0.05) is 5.02 Å². The average Bonchev–Trinajstić information content (AvgIpc) is 2.14. The molecular formula is C7H10ClN2O4P. The first-order chi connectivity index (χ1) is 6.92. The van der Waals surface area contributed by atoms with E-state index < -0.39 is 7.75 Å². The normalized spacial score (nSPS) is 11.2. The highest BCUT2D eigenvalue weighted by molar-refractivity contribution is 7.49. The van der Waals surface area contributed by atoms with Crippen LogP contribution >= 0.6 is 19.3 Å². The molecule has 0 aliphatic carbocycles. The third kappa shape index (κ3) is 4.07. The summed E-state index contributed by atoms with van der Waals surface area (Å²) in [5.74, 6) is 0.417. The van der Waals surface area contributed by atoms with E-state index in [1.54, 1.807) is 12.1 Å². The first-order valence-corrected chi connectivity index (χ1v) is 5.84. The molecular weight excluding hydrogens is 243 g/mol. The number of hydrogen-bond donors (Lipinski definition) is 4. The van der Waals surface area contributed by atoms with Crippen molar-refractivity contribution in [2.24, 2.45) is 0 Å². The molecule has 0 aromatic heterocycles. The van der Waals surface area contributed by atoms with E-state index in [0.29, 0.717) is 16.5 Å². The lowest BCUT2D eigenvalue weighted by atomic mass is 10.3. The van der Waals surface area contributed by atoms with E-state index in [4.69, 9.17) is 26.1 Å². The van der Waals surface area contributed by atoms with Crippen LogP contribution in [0, 0.1) is 0 Å². The maximum atomic E-state index is 10.5. The number of hydrogen-bond acceptors (Lipinski definition) is 3. The van der Waals surface area contributed by atoms with Gasteiger partial charge >= 0.3 is 7.75 Å². The summed E-state index contributed by atoms with van der Waals surface area (Å²) >= 11 is 5.71. The molecule has 1 rings (SSSR count). The van der Waals surface area contributed by atoms with Crippen LogP contribution < -0.4 is 15.4 Å². The van der Waals surface area contributed by atoms with Crippen LogP contribution in [-0.2, 0) is 4.57 Å². The molecule has 0 bridgehead atoms. The number of rotatable bonds is 4. The molecule has 0 heterocycles. The Labute approximate surface area is 91.4 Å². The van der Waals surface area contributed by atoms with Crippen molar-refractivity contribution in [3.8, 4) is 5.75 Å². The molecule has 0 spiro atoms. The number of halogens is 1. The smallest absolute Gasteiger partial charge is 0.417 e. The van der Waals surface area contributed by atoms with Gasteiger partial charge in [0.1, 0.15) is 5.75 Å². The molecule has 1 aromatic carbocycles. The Bertz CT molecular complexity index is 395. The molecule has 0 atom stereocenters. The zero-order valence-corrected chi connectivity index (χ0v) is 9.42. The van der Waals surface area contributed by atoms with E-state index in [1.165, 1.54) is 13.2 Å². The summed E-state index contributed by atoms with van der Waals surface area (Å²) in [6.45, 7) is 0. The Hall–Kier alpha value is -0.780. The molecule has 0 saturated carbocycles. The van der Waals surface area contributed by atoms with Gasteiger partial charge in [-0.1, -0.05) is 11.6 Å². The number of anilines is 1. The Kier molecular flexibility index (Phi) is 3.96.